The van der Waals surface area contributed by atoms with Crippen molar-refractivity contribution in [2.24, 2.45) is 23.7 Å². The second kappa shape index (κ2) is 5.51. The van der Waals surface area contributed by atoms with Crippen LogP contribution in [0.5, 0.6) is 0 Å². The molecule has 2 fully saturated rings. The Morgan fingerprint density at radius 3 is 2.38 bits per heavy atom. The van der Waals surface area contributed by atoms with E-state index in [-0.39, 0.29) is 17.7 Å². The van der Waals surface area contributed by atoms with E-state index in [4.69, 9.17) is 0 Å². The summed E-state index contributed by atoms with van der Waals surface area (Å²) >= 11 is 0. The van der Waals surface area contributed by atoms with E-state index >= 15 is 0 Å². The summed E-state index contributed by atoms with van der Waals surface area (Å²) in [7, 11) is 0. The van der Waals surface area contributed by atoms with Crippen molar-refractivity contribution in [1.82, 2.24) is 5.32 Å². The number of hydrogen-bond acceptors (Lipinski definition) is 3. The molecule has 0 radical (unpaired) electrons. The Hall–Kier alpha value is -1.84. The van der Waals surface area contributed by atoms with Crippen molar-refractivity contribution in [2.45, 2.75) is 32.7 Å². The van der Waals surface area contributed by atoms with E-state index in [0.29, 0.717) is 6.54 Å². The first kappa shape index (κ1) is 14.1. The Morgan fingerprint density at radius 2 is 1.76 bits per heavy atom. The lowest BCUT2D eigenvalue weighted by molar-refractivity contribution is -0.314. The fourth-order valence-corrected chi connectivity index (χ4v) is 4.02. The van der Waals surface area contributed by atoms with Gasteiger partial charge < -0.3 is 15.2 Å². The zero-order valence-electron chi connectivity index (χ0n) is 12.2. The maximum Gasteiger partial charge on any atom is 0.224 e. The van der Waals surface area contributed by atoms with Gasteiger partial charge in [0.1, 0.15) is 0 Å². The number of hydrogen-bond donors (Lipinski definition) is 1. The number of nitrogens with one attached hydrogen (secondary N) is 1. The molecule has 2 saturated carbocycles. The molecule has 3 rings (SSSR count). The van der Waals surface area contributed by atoms with Crippen molar-refractivity contribution >= 4 is 11.9 Å². The number of carboxylic acids is 1. The summed E-state index contributed by atoms with van der Waals surface area (Å²) in [5.74, 6) is -1.83. The minimum Gasteiger partial charge on any atom is -0.550 e. The molecule has 0 saturated heterocycles. The maximum atomic E-state index is 12.4. The molecular weight excluding hydrogens is 266 g/mol. The van der Waals surface area contributed by atoms with E-state index in [1.54, 1.807) is 0 Å². The topological polar surface area (TPSA) is 69.2 Å². The van der Waals surface area contributed by atoms with Crippen LogP contribution in [0.1, 0.15) is 30.4 Å². The summed E-state index contributed by atoms with van der Waals surface area (Å²) < 4.78 is 0. The second-order valence-corrected chi connectivity index (χ2v) is 6.41. The first-order valence-corrected chi connectivity index (χ1v) is 7.60. The van der Waals surface area contributed by atoms with Crippen LogP contribution in [0.15, 0.2) is 24.3 Å². The summed E-state index contributed by atoms with van der Waals surface area (Å²) in [6, 6.07) is 7.96. The molecule has 0 unspecified atom stereocenters. The van der Waals surface area contributed by atoms with Crippen molar-refractivity contribution in [3.05, 3.63) is 35.4 Å². The third-order valence-electron chi connectivity index (χ3n) is 5.08. The third kappa shape index (κ3) is 2.67. The Bertz CT molecular complexity index is 552. The number of carbonyl (C=O) groups excluding carboxylic acids is 2. The van der Waals surface area contributed by atoms with Crippen molar-refractivity contribution in [2.75, 3.05) is 0 Å². The first-order chi connectivity index (χ1) is 10.1. The van der Waals surface area contributed by atoms with E-state index < -0.39 is 17.8 Å². The van der Waals surface area contributed by atoms with E-state index in [2.05, 4.69) is 5.32 Å². The summed E-state index contributed by atoms with van der Waals surface area (Å²) in [6.07, 6.45) is 2.75. The molecule has 4 atom stereocenters. The van der Waals surface area contributed by atoms with Gasteiger partial charge in [0, 0.05) is 24.3 Å². The van der Waals surface area contributed by atoms with Crippen LogP contribution >= 0.6 is 0 Å². The van der Waals surface area contributed by atoms with E-state index in [1.165, 1.54) is 5.56 Å². The average molecular weight is 286 g/mol. The Morgan fingerprint density at radius 1 is 1.14 bits per heavy atom. The van der Waals surface area contributed by atoms with Gasteiger partial charge in [-0.25, -0.2) is 0 Å². The lowest BCUT2D eigenvalue weighted by Crippen LogP contribution is -2.45. The fourth-order valence-electron chi connectivity index (χ4n) is 4.02. The van der Waals surface area contributed by atoms with Gasteiger partial charge in [0.05, 0.1) is 0 Å². The highest BCUT2D eigenvalue weighted by Gasteiger charge is 2.51. The predicted molar refractivity (Wildman–Crippen MR) is 75.8 cm³/mol. The highest BCUT2D eigenvalue weighted by molar-refractivity contribution is 5.85. The van der Waals surface area contributed by atoms with Crippen LogP contribution in [0, 0.1) is 30.6 Å². The predicted octanol–water partition coefficient (Wildman–Crippen LogP) is 1.02. The number of amides is 1. The number of carbonyl (C=O) groups is 2. The molecule has 0 heterocycles. The van der Waals surface area contributed by atoms with Crippen molar-refractivity contribution in [3.63, 3.8) is 0 Å². The minimum atomic E-state index is -1.06. The van der Waals surface area contributed by atoms with Gasteiger partial charge in [0.2, 0.25) is 5.91 Å². The molecule has 0 aliphatic heterocycles. The third-order valence-corrected chi connectivity index (χ3v) is 5.08. The lowest BCUT2D eigenvalue weighted by atomic mass is 9.78. The summed E-state index contributed by atoms with van der Waals surface area (Å²) in [5.41, 5.74) is 2.21. The molecule has 4 heteroatoms. The number of benzene rings is 1. The van der Waals surface area contributed by atoms with Crippen LogP contribution in [-0.4, -0.2) is 11.9 Å². The lowest BCUT2D eigenvalue weighted by Gasteiger charge is -2.30. The van der Waals surface area contributed by atoms with Crippen LogP contribution < -0.4 is 10.4 Å². The quantitative estimate of drug-likeness (QED) is 0.898. The summed E-state index contributed by atoms with van der Waals surface area (Å²) in [6.45, 7) is 2.47. The number of aryl methyl sites for hydroxylation is 1. The Balaban J connectivity index is 1.64. The molecule has 112 valence electrons. The maximum absolute atomic E-state index is 12.4. The molecule has 4 nitrogen and oxygen atoms in total. The molecule has 1 aromatic rings. The monoisotopic (exact) mass is 286 g/mol. The van der Waals surface area contributed by atoms with Crippen LogP contribution in [-0.2, 0) is 16.1 Å². The fraction of sp³-hybridized carbons (Fsp3) is 0.529. The zero-order chi connectivity index (χ0) is 15.0. The first-order valence-electron chi connectivity index (χ1n) is 7.60. The Kier molecular flexibility index (Phi) is 3.70. The van der Waals surface area contributed by atoms with Gasteiger partial charge in [-0.2, -0.15) is 0 Å². The smallest absolute Gasteiger partial charge is 0.224 e. The molecule has 2 aliphatic rings. The van der Waals surface area contributed by atoms with Crippen molar-refractivity contribution < 1.29 is 14.7 Å². The van der Waals surface area contributed by atoms with Gasteiger partial charge in [0.25, 0.3) is 0 Å². The number of rotatable bonds is 4. The van der Waals surface area contributed by atoms with Crippen molar-refractivity contribution in [1.29, 1.82) is 0 Å². The van der Waals surface area contributed by atoms with Gasteiger partial charge in [-0.15, -0.1) is 0 Å². The molecule has 0 aromatic heterocycles. The highest BCUT2D eigenvalue weighted by atomic mass is 16.4. The molecule has 2 aliphatic carbocycles. The van der Waals surface area contributed by atoms with Gasteiger partial charge in [-0.3, -0.25) is 4.79 Å². The second-order valence-electron chi connectivity index (χ2n) is 6.41. The molecule has 1 amide bonds. The van der Waals surface area contributed by atoms with Gasteiger partial charge in [-0.05, 0) is 43.6 Å². The van der Waals surface area contributed by atoms with Gasteiger partial charge in [-0.1, -0.05) is 29.8 Å². The largest absolute Gasteiger partial charge is 0.550 e. The Labute approximate surface area is 124 Å². The standard InChI is InChI=1S/C17H21NO3/c1-10-2-4-11(5-3-10)9-18-16(19)14-12-6-7-13(8-12)15(14)17(20)21/h2-5,12-15H,6-9H2,1H3,(H,18,19)(H,20,21)/p-1/t12-,13-,14+,15-/m0/s1. The number of carboxylic acid groups (broad SMARTS) is 1. The number of fused-ring (bicyclic) bond motifs is 2. The van der Waals surface area contributed by atoms with E-state index in [0.717, 1.165) is 24.8 Å². The van der Waals surface area contributed by atoms with Crippen LogP contribution in [0.2, 0.25) is 0 Å². The molecule has 1 aromatic carbocycles. The van der Waals surface area contributed by atoms with Gasteiger partial charge in [0.15, 0.2) is 0 Å². The normalized spacial score (nSPS) is 30.3. The van der Waals surface area contributed by atoms with Crippen LogP contribution in [0.25, 0.3) is 0 Å². The van der Waals surface area contributed by atoms with E-state index in [9.17, 15) is 14.7 Å². The summed E-state index contributed by atoms with van der Waals surface area (Å²) in [4.78, 5) is 23.7. The van der Waals surface area contributed by atoms with Crippen molar-refractivity contribution in [3.8, 4) is 0 Å². The SMILES string of the molecule is Cc1ccc(CNC(=O)[C@@H]2[C@H]3CC[C@@H](C3)[C@@H]2C(=O)[O-])cc1. The minimum absolute atomic E-state index is 0.128. The average Bonchev–Trinajstić information content (AvgIpc) is 3.06. The van der Waals surface area contributed by atoms with Crippen LogP contribution in [0.3, 0.4) is 0 Å². The molecule has 2 bridgehead atoms. The number of aliphatic carboxylic acids is 1. The highest BCUT2D eigenvalue weighted by Crippen LogP contribution is 2.52. The zero-order valence-corrected chi connectivity index (χ0v) is 12.2. The molecule has 21 heavy (non-hydrogen) atoms. The summed E-state index contributed by atoms with van der Waals surface area (Å²) in [5, 5.41) is 14.2. The van der Waals surface area contributed by atoms with Crippen LogP contribution in [0.4, 0.5) is 0 Å². The molecular formula is C17H20NO3-. The van der Waals surface area contributed by atoms with Gasteiger partial charge >= 0.3 is 0 Å². The van der Waals surface area contributed by atoms with E-state index in [1.807, 2.05) is 31.2 Å². The molecule has 1 N–H and O–H groups in total. The molecule has 0 spiro atoms.